The highest BCUT2D eigenvalue weighted by atomic mass is 35.5. The van der Waals surface area contributed by atoms with Crippen LogP contribution in [0.15, 0.2) is 36.4 Å². The summed E-state index contributed by atoms with van der Waals surface area (Å²) in [6, 6.07) is 9.13. The van der Waals surface area contributed by atoms with Gasteiger partial charge in [-0.05, 0) is 49.7 Å². The topological polar surface area (TPSA) is 26.3 Å². The maximum Gasteiger partial charge on any atom is 0.163 e. The summed E-state index contributed by atoms with van der Waals surface area (Å²) < 4.78 is 18.7. The van der Waals surface area contributed by atoms with Crippen molar-refractivity contribution >= 4 is 17.4 Å². The minimum atomic E-state index is -0.479. The quantitative estimate of drug-likeness (QED) is 0.755. The lowest BCUT2D eigenvalue weighted by atomic mass is 10.1. The van der Waals surface area contributed by atoms with Gasteiger partial charge in [0.25, 0.3) is 0 Å². The van der Waals surface area contributed by atoms with Crippen LogP contribution in [0.4, 0.5) is 4.39 Å². The lowest BCUT2D eigenvalue weighted by molar-refractivity contribution is 0.101. The third-order valence-corrected chi connectivity index (χ3v) is 2.92. The van der Waals surface area contributed by atoms with Crippen molar-refractivity contribution in [3.63, 3.8) is 0 Å². The molecule has 0 amide bonds. The summed E-state index contributed by atoms with van der Waals surface area (Å²) >= 11 is 6.06. The molecule has 2 rings (SSSR count). The lowest BCUT2D eigenvalue weighted by Gasteiger charge is -2.11. The summed E-state index contributed by atoms with van der Waals surface area (Å²) in [6.07, 6.45) is 0. The van der Waals surface area contributed by atoms with Crippen molar-refractivity contribution < 1.29 is 13.9 Å². The summed E-state index contributed by atoms with van der Waals surface area (Å²) in [4.78, 5) is 11.5. The van der Waals surface area contributed by atoms with Crippen molar-refractivity contribution in [3.05, 3.63) is 58.4 Å². The van der Waals surface area contributed by atoms with E-state index in [-0.39, 0.29) is 11.3 Å². The molecule has 0 saturated carbocycles. The van der Waals surface area contributed by atoms with Gasteiger partial charge >= 0.3 is 0 Å². The lowest BCUT2D eigenvalue weighted by Crippen LogP contribution is -1.98. The zero-order valence-electron chi connectivity index (χ0n) is 10.5. The van der Waals surface area contributed by atoms with Gasteiger partial charge in [-0.3, -0.25) is 4.79 Å². The van der Waals surface area contributed by atoms with Crippen molar-refractivity contribution in [2.24, 2.45) is 0 Å². The Morgan fingerprint density at radius 1 is 1.16 bits per heavy atom. The van der Waals surface area contributed by atoms with Crippen LogP contribution in [0.5, 0.6) is 11.5 Å². The molecule has 0 aliphatic carbocycles. The summed E-state index contributed by atoms with van der Waals surface area (Å²) in [7, 11) is 0. The van der Waals surface area contributed by atoms with Crippen LogP contribution < -0.4 is 4.74 Å². The van der Waals surface area contributed by atoms with E-state index in [9.17, 15) is 9.18 Å². The normalized spacial score (nSPS) is 10.3. The molecule has 2 aromatic rings. The van der Waals surface area contributed by atoms with E-state index in [2.05, 4.69) is 0 Å². The molecule has 0 saturated heterocycles. The molecule has 0 fully saturated rings. The second-order valence-corrected chi connectivity index (χ2v) is 4.64. The minimum Gasteiger partial charge on any atom is -0.455 e. The highest BCUT2D eigenvalue weighted by molar-refractivity contribution is 6.32. The molecule has 0 radical (unpaired) electrons. The van der Waals surface area contributed by atoms with E-state index < -0.39 is 5.82 Å². The first-order valence-electron chi connectivity index (χ1n) is 5.72. The molecule has 0 spiro atoms. The second kappa shape index (κ2) is 5.41. The van der Waals surface area contributed by atoms with Crippen LogP contribution in [0.2, 0.25) is 5.02 Å². The van der Waals surface area contributed by atoms with Gasteiger partial charge in [-0.15, -0.1) is 0 Å². The molecule has 0 atom stereocenters. The van der Waals surface area contributed by atoms with Gasteiger partial charge in [0.15, 0.2) is 5.78 Å². The molecule has 0 aliphatic heterocycles. The molecule has 0 N–H and O–H groups in total. The van der Waals surface area contributed by atoms with Gasteiger partial charge in [0.2, 0.25) is 0 Å². The van der Waals surface area contributed by atoms with Crippen LogP contribution in [-0.2, 0) is 0 Å². The number of carbonyl (C=O) groups excluding carboxylic acids is 1. The number of carbonyl (C=O) groups is 1. The molecular formula is C15H12ClFO2. The fourth-order valence-corrected chi connectivity index (χ4v) is 1.95. The molecule has 2 aromatic carbocycles. The van der Waals surface area contributed by atoms with E-state index in [0.29, 0.717) is 16.5 Å². The Kier molecular flexibility index (Phi) is 3.86. The number of halogens is 2. The maximum absolute atomic E-state index is 13.1. The van der Waals surface area contributed by atoms with Crippen LogP contribution in [0.25, 0.3) is 0 Å². The number of ether oxygens (including phenoxy) is 1. The number of Topliss-reactive ketones (excluding diaryl/α,β-unsaturated/α-hetero) is 1. The monoisotopic (exact) mass is 278 g/mol. The third-order valence-electron chi connectivity index (χ3n) is 2.63. The number of ketones is 1. The fourth-order valence-electron chi connectivity index (χ4n) is 1.67. The number of aryl methyl sites for hydroxylation is 1. The second-order valence-electron chi connectivity index (χ2n) is 4.23. The Balaban J connectivity index is 2.40. The van der Waals surface area contributed by atoms with E-state index in [1.165, 1.54) is 19.1 Å². The Hall–Kier alpha value is -1.87. The Morgan fingerprint density at radius 2 is 1.84 bits per heavy atom. The molecule has 0 bridgehead atoms. The van der Waals surface area contributed by atoms with Gasteiger partial charge in [-0.2, -0.15) is 0 Å². The molecule has 0 heterocycles. The van der Waals surface area contributed by atoms with E-state index in [1.54, 1.807) is 12.1 Å². The summed E-state index contributed by atoms with van der Waals surface area (Å²) in [5.74, 6) is -0.0219. The molecule has 0 unspecified atom stereocenters. The van der Waals surface area contributed by atoms with E-state index in [1.807, 2.05) is 13.0 Å². The Morgan fingerprint density at radius 3 is 2.47 bits per heavy atom. The Labute approximate surface area is 115 Å². The van der Waals surface area contributed by atoms with E-state index in [0.717, 1.165) is 11.6 Å². The largest absolute Gasteiger partial charge is 0.455 e. The van der Waals surface area contributed by atoms with Gasteiger partial charge in [0, 0.05) is 0 Å². The first-order chi connectivity index (χ1) is 8.97. The average molecular weight is 279 g/mol. The van der Waals surface area contributed by atoms with Crippen LogP contribution in [0.1, 0.15) is 22.8 Å². The zero-order chi connectivity index (χ0) is 14.0. The molecular weight excluding hydrogens is 267 g/mol. The molecule has 0 aromatic heterocycles. The van der Waals surface area contributed by atoms with Gasteiger partial charge in [0.1, 0.15) is 17.3 Å². The van der Waals surface area contributed by atoms with Crippen molar-refractivity contribution in [1.29, 1.82) is 0 Å². The summed E-state index contributed by atoms with van der Waals surface area (Å²) in [5, 5.41) is 0.443. The number of rotatable bonds is 3. The predicted octanol–water partition coefficient (Wildman–Crippen LogP) is 4.78. The van der Waals surface area contributed by atoms with Crippen molar-refractivity contribution in [1.82, 2.24) is 0 Å². The fraction of sp³-hybridized carbons (Fsp3) is 0.133. The molecule has 4 heteroatoms. The highest BCUT2D eigenvalue weighted by Gasteiger charge is 2.12. The summed E-state index contributed by atoms with van der Waals surface area (Å²) in [6.45, 7) is 3.27. The SMILES string of the molecule is CC(=O)c1cc(F)ccc1Oc1ccc(C)cc1Cl. The first kappa shape index (κ1) is 13.6. The number of benzene rings is 2. The molecule has 0 aliphatic rings. The minimum absolute atomic E-state index is 0.191. The number of hydrogen-bond acceptors (Lipinski definition) is 2. The van der Waals surface area contributed by atoms with Crippen molar-refractivity contribution in [2.45, 2.75) is 13.8 Å². The Bertz CT molecular complexity index is 638. The standard InChI is InChI=1S/C15H12ClFO2/c1-9-3-5-15(13(16)7-9)19-14-6-4-11(17)8-12(14)10(2)18/h3-8H,1-2H3. The van der Waals surface area contributed by atoms with Crippen molar-refractivity contribution in [3.8, 4) is 11.5 Å². The smallest absolute Gasteiger partial charge is 0.163 e. The number of hydrogen-bond donors (Lipinski definition) is 0. The van der Waals surface area contributed by atoms with Crippen LogP contribution >= 0.6 is 11.6 Å². The van der Waals surface area contributed by atoms with Crippen LogP contribution in [-0.4, -0.2) is 5.78 Å². The van der Waals surface area contributed by atoms with Gasteiger partial charge in [-0.25, -0.2) is 4.39 Å². The van der Waals surface area contributed by atoms with Crippen molar-refractivity contribution in [2.75, 3.05) is 0 Å². The molecule has 98 valence electrons. The maximum atomic E-state index is 13.1. The first-order valence-corrected chi connectivity index (χ1v) is 6.09. The third kappa shape index (κ3) is 3.12. The summed E-state index contributed by atoms with van der Waals surface area (Å²) in [5.41, 5.74) is 1.19. The van der Waals surface area contributed by atoms with Gasteiger partial charge < -0.3 is 4.74 Å². The average Bonchev–Trinajstić information content (AvgIpc) is 2.34. The molecule has 2 nitrogen and oxygen atoms in total. The van der Waals surface area contributed by atoms with Crippen LogP contribution in [0.3, 0.4) is 0 Å². The van der Waals surface area contributed by atoms with Gasteiger partial charge in [-0.1, -0.05) is 17.7 Å². The van der Waals surface area contributed by atoms with Crippen LogP contribution in [0, 0.1) is 12.7 Å². The van der Waals surface area contributed by atoms with E-state index in [4.69, 9.17) is 16.3 Å². The van der Waals surface area contributed by atoms with Gasteiger partial charge in [0.05, 0.1) is 10.6 Å². The zero-order valence-corrected chi connectivity index (χ0v) is 11.3. The highest BCUT2D eigenvalue weighted by Crippen LogP contribution is 2.32. The molecule has 19 heavy (non-hydrogen) atoms. The predicted molar refractivity (Wildman–Crippen MR) is 72.7 cm³/mol. The van der Waals surface area contributed by atoms with E-state index >= 15 is 0 Å².